The van der Waals surface area contributed by atoms with Gasteiger partial charge in [0.1, 0.15) is 42.2 Å². The molecule has 4 rings (SSSR count). The first-order valence-corrected chi connectivity index (χ1v) is 20.9. The van der Waals surface area contributed by atoms with Gasteiger partial charge in [-0.1, -0.05) is 90.0 Å². The normalized spacial score (nSPS) is 25.2. The lowest BCUT2D eigenvalue weighted by atomic mass is 9.95. The molecule has 5 N–H and O–H groups in total. The van der Waals surface area contributed by atoms with E-state index in [0.717, 1.165) is 25.3 Å². The second-order valence-electron chi connectivity index (χ2n) is 14.6. The fraction of sp³-hybridized carbons (Fsp3) is 0.711. The number of halogens is 1. The van der Waals surface area contributed by atoms with Crippen molar-refractivity contribution in [2.75, 3.05) is 26.4 Å². The van der Waals surface area contributed by atoms with Crippen LogP contribution in [0, 0.1) is 17.1 Å². The number of nitrogens with two attached hydrogens (primary N) is 1. The van der Waals surface area contributed by atoms with Gasteiger partial charge in [-0.15, -0.1) is 0 Å². The predicted molar refractivity (Wildman–Crippen MR) is 202 cm³/mol. The molecule has 1 aromatic rings. The second-order valence-corrected chi connectivity index (χ2v) is 16.0. The summed E-state index contributed by atoms with van der Waals surface area (Å²) < 4.78 is 55.5. The average molecular weight is 780 g/mol. The van der Waals surface area contributed by atoms with Crippen LogP contribution >= 0.6 is 7.82 Å². The SMILES string of the molecule is CCCCCCCCCCCCCCCOC[C@H](COP(=O)(O)OC[C@@]1(C)O[C@@H](C2CC=C3C(N)=NC=NN32)[C@H](O)[C@@H]1O)OCc1cc(F)cc(C#N)c1. The van der Waals surface area contributed by atoms with Crippen molar-refractivity contribution in [1.29, 1.82) is 5.26 Å². The molecule has 3 aliphatic rings. The van der Waals surface area contributed by atoms with Crippen LogP contribution in [0.5, 0.6) is 0 Å². The number of phosphoric ester groups is 1. The number of nitriles is 1. The Bertz CT molecular complexity index is 1510. The number of aliphatic hydroxyl groups excluding tert-OH is 2. The van der Waals surface area contributed by atoms with Crippen molar-refractivity contribution in [2.24, 2.45) is 15.8 Å². The molecule has 7 atom stereocenters. The van der Waals surface area contributed by atoms with E-state index in [0.29, 0.717) is 24.3 Å². The number of nitrogens with zero attached hydrogens (tertiary/aromatic N) is 4. The maximum absolute atomic E-state index is 14.0. The van der Waals surface area contributed by atoms with Crippen LogP contribution in [0.2, 0.25) is 0 Å². The lowest BCUT2D eigenvalue weighted by molar-refractivity contribution is -0.111. The molecule has 0 bridgehead atoms. The minimum absolute atomic E-state index is 0.0255. The number of fused-ring (bicyclic) bond motifs is 1. The summed E-state index contributed by atoms with van der Waals surface area (Å²) in [6.45, 7) is 3.08. The third kappa shape index (κ3) is 13.5. The Hall–Kier alpha value is -2.77. The number of benzene rings is 1. The van der Waals surface area contributed by atoms with E-state index in [4.69, 9.17) is 29.0 Å². The fourth-order valence-electron chi connectivity index (χ4n) is 6.89. The van der Waals surface area contributed by atoms with E-state index in [1.54, 1.807) is 5.01 Å². The maximum Gasteiger partial charge on any atom is 0.472 e. The van der Waals surface area contributed by atoms with Gasteiger partial charge in [-0.3, -0.25) is 14.1 Å². The van der Waals surface area contributed by atoms with Crippen molar-refractivity contribution in [2.45, 2.75) is 146 Å². The van der Waals surface area contributed by atoms with Crippen LogP contribution in [0.3, 0.4) is 0 Å². The molecule has 0 aliphatic carbocycles. The van der Waals surface area contributed by atoms with Crippen molar-refractivity contribution < 1.29 is 47.3 Å². The van der Waals surface area contributed by atoms with Crippen molar-refractivity contribution >= 4 is 20.0 Å². The van der Waals surface area contributed by atoms with Crippen LogP contribution < -0.4 is 5.73 Å². The Balaban J connectivity index is 1.21. The standard InChI is InChI=1S/C38H59FN5O9P/c1-3-4-5-6-7-8-9-10-11-12-13-14-15-18-49-24-31(50-23-29-19-28(22-40)20-30(39)21-29)25-51-54(47,48)52-26-38(2)36(46)34(45)35(53-38)32-16-17-33-37(41)42-27-43-44(32)33/h17,19-21,27,31-32,34-36,45-46H,3-16,18,23-26H2,1-2H3,(H,47,48)(H2,41,42,43)/t31-,32?,34+,35+,36+,38-/m1/s1. The quantitative estimate of drug-likeness (QED) is 0.0635. The lowest BCUT2D eigenvalue weighted by Gasteiger charge is -2.32. The lowest BCUT2D eigenvalue weighted by Crippen LogP contribution is -2.46. The Labute approximate surface area is 318 Å². The highest BCUT2D eigenvalue weighted by atomic mass is 31.2. The van der Waals surface area contributed by atoms with Crippen LogP contribution in [0.25, 0.3) is 0 Å². The van der Waals surface area contributed by atoms with E-state index in [-0.39, 0.29) is 24.6 Å². The van der Waals surface area contributed by atoms with E-state index >= 15 is 0 Å². The first-order valence-electron chi connectivity index (χ1n) is 19.4. The number of ether oxygens (including phenoxy) is 3. The number of rotatable bonds is 26. The third-order valence-electron chi connectivity index (χ3n) is 10.0. The minimum atomic E-state index is -4.74. The van der Waals surface area contributed by atoms with E-state index in [1.807, 2.05) is 12.1 Å². The van der Waals surface area contributed by atoms with Crippen LogP contribution in [0.15, 0.2) is 40.1 Å². The summed E-state index contributed by atoms with van der Waals surface area (Å²) >= 11 is 0. The number of unbranched alkanes of at least 4 members (excludes halogenated alkanes) is 12. The monoisotopic (exact) mass is 779 g/mol. The number of hydrazone groups is 1. The number of aliphatic hydroxyl groups is 2. The smallest absolute Gasteiger partial charge is 0.387 e. The predicted octanol–water partition coefficient (Wildman–Crippen LogP) is 5.98. The summed E-state index contributed by atoms with van der Waals surface area (Å²) in [5.74, 6) is -0.323. The molecule has 1 fully saturated rings. The summed E-state index contributed by atoms with van der Waals surface area (Å²) in [6, 6.07) is 5.25. The molecular formula is C38H59FN5O9P. The fourth-order valence-corrected chi connectivity index (χ4v) is 7.74. The van der Waals surface area contributed by atoms with Crippen LogP contribution in [-0.4, -0.2) is 94.8 Å². The molecule has 2 unspecified atom stereocenters. The largest absolute Gasteiger partial charge is 0.472 e. The van der Waals surface area contributed by atoms with Gasteiger partial charge in [-0.2, -0.15) is 10.4 Å². The molecule has 1 aromatic carbocycles. The van der Waals surface area contributed by atoms with E-state index in [1.165, 1.54) is 89.6 Å². The Morgan fingerprint density at radius 1 is 1.06 bits per heavy atom. The summed E-state index contributed by atoms with van der Waals surface area (Å²) in [7, 11) is -4.74. The Morgan fingerprint density at radius 2 is 1.72 bits per heavy atom. The molecule has 54 heavy (non-hydrogen) atoms. The first kappa shape index (κ1) is 44.0. The number of hydrogen-bond acceptors (Lipinski definition) is 13. The number of aliphatic imine (C=N–C) groups is 1. The summed E-state index contributed by atoms with van der Waals surface area (Å²) in [6.07, 6.45) is 14.9. The average Bonchev–Trinajstić information content (AvgIpc) is 3.68. The van der Waals surface area contributed by atoms with Gasteiger partial charge in [0.25, 0.3) is 0 Å². The van der Waals surface area contributed by atoms with E-state index < -0.39 is 62.9 Å². The highest BCUT2D eigenvalue weighted by molar-refractivity contribution is 7.47. The molecule has 1 saturated heterocycles. The molecular weight excluding hydrogens is 720 g/mol. The first-order chi connectivity index (χ1) is 26.0. The van der Waals surface area contributed by atoms with Crippen molar-refractivity contribution in [1.82, 2.24) is 5.01 Å². The Kier molecular flexibility index (Phi) is 18.0. The van der Waals surface area contributed by atoms with Crippen molar-refractivity contribution in [3.8, 4) is 6.07 Å². The van der Waals surface area contributed by atoms with Gasteiger partial charge < -0.3 is 35.1 Å². The molecule has 14 nitrogen and oxygen atoms in total. The molecule has 302 valence electrons. The molecule has 3 heterocycles. The third-order valence-corrected chi connectivity index (χ3v) is 11.0. The van der Waals surface area contributed by atoms with Gasteiger partial charge in [0, 0.05) is 6.61 Å². The second kappa shape index (κ2) is 22.1. The zero-order valence-electron chi connectivity index (χ0n) is 31.7. The van der Waals surface area contributed by atoms with Gasteiger partial charge in [0.05, 0.1) is 49.8 Å². The summed E-state index contributed by atoms with van der Waals surface area (Å²) in [4.78, 5) is 14.6. The van der Waals surface area contributed by atoms with Crippen LogP contribution in [-0.2, 0) is 34.4 Å². The zero-order valence-corrected chi connectivity index (χ0v) is 32.6. The molecule has 0 radical (unpaired) electrons. The molecule has 16 heteroatoms. The molecule has 0 amide bonds. The number of hydrogen-bond donors (Lipinski definition) is 4. The van der Waals surface area contributed by atoms with Crippen molar-refractivity contribution in [3.63, 3.8) is 0 Å². The van der Waals surface area contributed by atoms with E-state index in [9.17, 15) is 29.3 Å². The maximum atomic E-state index is 14.0. The van der Waals surface area contributed by atoms with E-state index in [2.05, 4.69) is 17.0 Å². The molecule has 0 saturated carbocycles. The van der Waals surface area contributed by atoms with Gasteiger partial charge in [0.2, 0.25) is 0 Å². The zero-order chi connectivity index (χ0) is 39.0. The van der Waals surface area contributed by atoms with Gasteiger partial charge in [0.15, 0.2) is 5.84 Å². The topological polar surface area (TPSA) is 202 Å². The molecule has 0 spiro atoms. The van der Waals surface area contributed by atoms with Crippen LogP contribution in [0.4, 0.5) is 4.39 Å². The van der Waals surface area contributed by atoms with Crippen molar-refractivity contribution in [3.05, 3.63) is 46.9 Å². The van der Waals surface area contributed by atoms with Crippen LogP contribution in [0.1, 0.15) is 115 Å². The van der Waals surface area contributed by atoms with Gasteiger partial charge in [-0.25, -0.2) is 13.9 Å². The van der Waals surface area contributed by atoms with Gasteiger partial charge >= 0.3 is 7.82 Å². The minimum Gasteiger partial charge on any atom is -0.387 e. The summed E-state index contributed by atoms with van der Waals surface area (Å²) in [5.41, 5.74) is 5.48. The number of phosphoric acid groups is 1. The highest BCUT2D eigenvalue weighted by Crippen LogP contribution is 2.47. The highest BCUT2D eigenvalue weighted by Gasteiger charge is 2.56. The molecule has 0 aromatic heterocycles. The molecule has 3 aliphatic heterocycles. The van der Waals surface area contributed by atoms with Gasteiger partial charge in [-0.05, 0) is 43.5 Å². The number of amidine groups is 1. The summed E-state index contributed by atoms with van der Waals surface area (Å²) in [5, 5.41) is 36.9. The Morgan fingerprint density at radius 3 is 2.39 bits per heavy atom.